The van der Waals surface area contributed by atoms with Crippen molar-refractivity contribution in [2.24, 2.45) is 0 Å². The first-order valence-electron chi connectivity index (χ1n) is 11.7. The van der Waals surface area contributed by atoms with E-state index in [0.29, 0.717) is 49.2 Å². The molecule has 3 aromatic carbocycles. The van der Waals surface area contributed by atoms with Gasteiger partial charge in [-0.1, -0.05) is 61.2 Å². The fourth-order valence-electron chi connectivity index (χ4n) is 4.31. The van der Waals surface area contributed by atoms with Crippen LogP contribution in [0.5, 0.6) is 0 Å². The lowest BCUT2D eigenvalue weighted by Crippen LogP contribution is -2.33. The Morgan fingerprint density at radius 3 is 2.60 bits per heavy atom. The predicted molar refractivity (Wildman–Crippen MR) is 136 cm³/mol. The van der Waals surface area contributed by atoms with Crippen molar-refractivity contribution in [1.82, 2.24) is 15.5 Å². The van der Waals surface area contributed by atoms with E-state index in [1.54, 1.807) is 0 Å². The van der Waals surface area contributed by atoms with Crippen LogP contribution in [-0.2, 0) is 17.9 Å². The lowest BCUT2D eigenvalue weighted by Gasteiger charge is -2.24. The molecule has 3 amide bonds. The summed E-state index contributed by atoms with van der Waals surface area (Å²) in [6.45, 7) is 6.72. The first-order chi connectivity index (χ1) is 17.0. The Bertz CT molecular complexity index is 1250. The van der Waals surface area contributed by atoms with Crippen molar-refractivity contribution in [3.8, 4) is 11.1 Å². The summed E-state index contributed by atoms with van der Waals surface area (Å²) in [5.74, 6) is -0.131. The molecule has 35 heavy (non-hydrogen) atoms. The summed E-state index contributed by atoms with van der Waals surface area (Å²) in [7, 11) is 0. The second-order valence-corrected chi connectivity index (χ2v) is 8.81. The molecular formula is C29H29N3O3. The van der Waals surface area contributed by atoms with E-state index in [9.17, 15) is 14.4 Å². The third kappa shape index (κ3) is 5.66. The minimum absolute atomic E-state index is 0.00905. The van der Waals surface area contributed by atoms with E-state index in [0.717, 1.165) is 22.3 Å². The van der Waals surface area contributed by atoms with E-state index in [-0.39, 0.29) is 17.9 Å². The zero-order chi connectivity index (χ0) is 24.8. The number of hydrogen-bond acceptors (Lipinski definition) is 3. The summed E-state index contributed by atoms with van der Waals surface area (Å²) in [5.41, 5.74) is 5.92. The number of carbonyl (C=O) groups is 3. The van der Waals surface area contributed by atoms with Crippen LogP contribution in [0.1, 0.15) is 51.6 Å². The summed E-state index contributed by atoms with van der Waals surface area (Å²) in [6, 6.07) is 23.3. The number of benzene rings is 3. The van der Waals surface area contributed by atoms with Crippen LogP contribution >= 0.6 is 0 Å². The smallest absolute Gasteiger partial charge is 0.254 e. The lowest BCUT2D eigenvalue weighted by molar-refractivity contribution is -0.109. The lowest BCUT2D eigenvalue weighted by atomic mass is 10.0. The van der Waals surface area contributed by atoms with Crippen LogP contribution in [0.15, 0.2) is 85.1 Å². The molecule has 0 saturated carbocycles. The van der Waals surface area contributed by atoms with Crippen molar-refractivity contribution in [2.75, 3.05) is 0 Å². The van der Waals surface area contributed by atoms with Gasteiger partial charge in [-0.25, -0.2) is 0 Å². The first-order valence-corrected chi connectivity index (χ1v) is 11.7. The summed E-state index contributed by atoms with van der Waals surface area (Å²) < 4.78 is 0. The fraction of sp³-hybridized carbons (Fsp3) is 0.207. The van der Waals surface area contributed by atoms with Crippen molar-refractivity contribution in [3.05, 3.63) is 107 Å². The Morgan fingerprint density at radius 2 is 1.83 bits per heavy atom. The molecule has 0 radical (unpaired) electrons. The van der Waals surface area contributed by atoms with Gasteiger partial charge in [0.05, 0.1) is 0 Å². The van der Waals surface area contributed by atoms with Gasteiger partial charge >= 0.3 is 0 Å². The monoisotopic (exact) mass is 467 g/mol. The predicted octanol–water partition coefficient (Wildman–Crippen LogP) is 4.67. The van der Waals surface area contributed by atoms with Gasteiger partial charge in [0, 0.05) is 36.0 Å². The molecular weight excluding hydrogens is 438 g/mol. The van der Waals surface area contributed by atoms with Gasteiger partial charge in [0.1, 0.15) is 0 Å². The van der Waals surface area contributed by atoms with Gasteiger partial charge in [0.15, 0.2) is 0 Å². The van der Waals surface area contributed by atoms with Crippen LogP contribution in [0, 0.1) is 0 Å². The van der Waals surface area contributed by atoms with E-state index < -0.39 is 0 Å². The molecule has 1 atom stereocenters. The largest absolute Gasteiger partial charge is 0.348 e. The molecule has 178 valence electrons. The molecule has 0 fully saturated rings. The number of allylic oxidation sites excluding steroid dienone is 1. The average molecular weight is 468 g/mol. The van der Waals surface area contributed by atoms with Gasteiger partial charge in [0.2, 0.25) is 6.41 Å². The highest BCUT2D eigenvalue weighted by atomic mass is 16.2. The molecule has 0 aromatic heterocycles. The molecule has 1 heterocycles. The highest BCUT2D eigenvalue weighted by molar-refractivity contribution is 5.98. The van der Waals surface area contributed by atoms with Crippen LogP contribution in [0.3, 0.4) is 0 Å². The Morgan fingerprint density at radius 1 is 1.06 bits per heavy atom. The van der Waals surface area contributed by atoms with Crippen molar-refractivity contribution < 1.29 is 14.4 Å². The van der Waals surface area contributed by atoms with Gasteiger partial charge in [-0.15, -0.1) is 0 Å². The molecule has 0 saturated heterocycles. The van der Waals surface area contributed by atoms with Gasteiger partial charge in [-0.3, -0.25) is 14.4 Å². The summed E-state index contributed by atoms with van der Waals surface area (Å²) in [4.78, 5) is 38.1. The molecule has 6 heteroatoms. The second kappa shape index (κ2) is 10.8. The van der Waals surface area contributed by atoms with Gasteiger partial charge < -0.3 is 15.5 Å². The van der Waals surface area contributed by atoms with Crippen LogP contribution in [0.4, 0.5) is 0 Å². The van der Waals surface area contributed by atoms with E-state index >= 15 is 0 Å². The quantitative estimate of drug-likeness (QED) is 0.426. The molecule has 0 aliphatic carbocycles. The molecule has 0 bridgehead atoms. The number of rotatable bonds is 10. The molecule has 6 nitrogen and oxygen atoms in total. The Labute approximate surface area is 205 Å². The third-order valence-corrected chi connectivity index (χ3v) is 6.35. The highest BCUT2D eigenvalue weighted by Crippen LogP contribution is 2.27. The van der Waals surface area contributed by atoms with Crippen molar-refractivity contribution >= 4 is 18.2 Å². The summed E-state index contributed by atoms with van der Waals surface area (Å²) in [5, 5.41) is 5.55. The fourth-order valence-corrected chi connectivity index (χ4v) is 4.31. The van der Waals surface area contributed by atoms with Gasteiger partial charge in [0.25, 0.3) is 11.8 Å². The van der Waals surface area contributed by atoms with E-state index in [1.165, 1.54) is 0 Å². The van der Waals surface area contributed by atoms with E-state index in [4.69, 9.17) is 0 Å². The normalized spacial score (nSPS) is 13.2. The minimum Gasteiger partial charge on any atom is -0.348 e. The Balaban J connectivity index is 1.37. The average Bonchev–Trinajstić information content (AvgIpc) is 3.22. The summed E-state index contributed by atoms with van der Waals surface area (Å²) in [6.07, 6.45) is 1.94. The van der Waals surface area contributed by atoms with Gasteiger partial charge in [-0.2, -0.15) is 0 Å². The van der Waals surface area contributed by atoms with Crippen molar-refractivity contribution in [3.63, 3.8) is 0 Å². The van der Waals surface area contributed by atoms with Crippen LogP contribution in [-0.4, -0.2) is 29.2 Å². The number of nitrogens with one attached hydrogen (secondary N) is 2. The molecule has 2 N–H and O–H groups in total. The molecule has 1 aliphatic heterocycles. The maximum Gasteiger partial charge on any atom is 0.254 e. The second-order valence-electron chi connectivity index (χ2n) is 8.81. The van der Waals surface area contributed by atoms with Crippen LogP contribution in [0.2, 0.25) is 0 Å². The maximum absolute atomic E-state index is 12.9. The first kappa shape index (κ1) is 24.0. The van der Waals surface area contributed by atoms with Crippen LogP contribution in [0.25, 0.3) is 11.1 Å². The standard InChI is InChI=1S/C29H29N3O3/c1-20(31-19-33)11-12-21(2)32-18-26-15-22(13-14-27(26)29(32)35)17-30-28(34)25-10-6-9-24(16-25)23-7-4-3-5-8-23/h3-10,13-16,19,21H,1,11-12,17-18H2,2H3,(H,30,34)(H,31,33). The zero-order valence-electron chi connectivity index (χ0n) is 19.8. The number of hydrogen-bond donors (Lipinski definition) is 2. The zero-order valence-corrected chi connectivity index (χ0v) is 19.8. The van der Waals surface area contributed by atoms with E-state index in [1.807, 2.05) is 84.6 Å². The topological polar surface area (TPSA) is 78.5 Å². The van der Waals surface area contributed by atoms with Crippen molar-refractivity contribution in [1.29, 1.82) is 0 Å². The maximum atomic E-state index is 12.9. The molecule has 3 aromatic rings. The van der Waals surface area contributed by atoms with E-state index in [2.05, 4.69) is 17.2 Å². The highest BCUT2D eigenvalue weighted by Gasteiger charge is 2.30. The number of amides is 3. The van der Waals surface area contributed by atoms with Gasteiger partial charge in [-0.05, 0) is 60.2 Å². The number of carbonyl (C=O) groups excluding carboxylic acids is 3. The molecule has 0 spiro atoms. The van der Waals surface area contributed by atoms with Crippen molar-refractivity contribution in [2.45, 2.75) is 38.9 Å². The Hall–Kier alpha value is -4.19. The summed E-state index contributed by atoms with van der Waals surface area (Å²) >= 11 is 0. The molecule has 1 aliphatic rings. The minimum atomic E-state index is -0.140. The number of nitrogens with zero attached hydrogens (tertiary/aromatic N) is 1. The van der Waals surface area contributed by atoms with Crippen LogP contribution < -0.4 is 10.6 Å². The third-order valence-electron chi connectivity index (χ3n) is 6.35. The number of fused-ring (bicyclic) bond motifs is 1. The SMILES string of the molecule is C=C(CCC(C)N1Cc2cc(CNC(=O)c3cccc(-c4ccccc4)c3)ccc2C1=O)NC=O. The Kier molecular flexibility index (Phi) is 7.41. The molecule has 4 rings (SSSR count). The molecule has 1 unspecified atom stereocenters.